The van der Waals surface area contributed by atoms with E-state index in [2.05, 4.69) is 6.92 Å². The first-order valence-corrected chi connectivity index (χ1v) is 7.73. The fourth-order valence-electron chi connectivity index (χ4n) is 2.80. The van der Waals surface area contributed by atoms with Crippen molar-refractivity contribution in [3.05, 3.63) is 28.8 Å². The molecule has 21 heavy (non-hydrogen) atoms. The minimum atomic E-state index is -0.510. The van der Waals surface area contributed by atoms with Gasteiger partial charge in [0, 0.05) is 17.6 Å². The number of nitrogens with zero attached hydrogens (tertiary/aromatic N) is 1. The van der Waals surface area contributed by atoms with E-state index < -0.39 is 6.10 Å². The van der Waals surface area contributed by atoms with Crippen LogP contribution >= 0.6 is 11.6 Å². The van der Waals surface area contributed by atoms with Gasteiger partial charge in [0.25, 0.3) is 5.91 Å². The Morgan fingerprint density at radius 3 is 2.86 bits per heavy atom. The lowest BCUT2D eigenvalue weighted by molar-refractivity contribution is -0.138. The Bertz CT molecular complexity index is 521. The third kappa shape index (κ3) is 3.69. The Morgan fingerprint density at radius 2 is 2.29 bits per heavy atom. The van der Waals surface area contributed by atoms with Crippen LogP contribution in [0.2, 0.25) is 5.02 Å². The molecule has 0 bridgehead atoms. The number of benzene rings is 1. The van der Waals surface area contributed by atoms with Gasteiger partial charge in [-0.25, -0.2) is 0 Å². The van der Waals surface area contributed by atoms with Gasteiger partial charge in [-0.15, -0.1) is 0 Å². The molecule has 0 saturated carbocycles. The summed E-state index contributed by atoms with van der Waals surface area (Å²) in [7, 11) is 0. The van der Waals surface area contributed by atoms with Crippen molar-refractivity contribution in [2.45, 2.75) is 39.3 Å². The van der Waals surface area contributed by atoms with Gasteiger partial charge < -0.3 is 15.4 Å². The molecule has 3 atom stereocenters. The number of hydrogen-bond donors (Lipinski definition) is 1. The highest BCUT2D eigenvalue weighted by atomic mass is 35.5. The van der Waals surface area contributed by atoms with Crippen LogP contribution in [0.3, 0.4) is 0 Å². The van der Waals surface area contributed by atoms with Gasteiger partial charge in [-0.3, -0.25) is 4.79 Å². The fraction of sp³-hybridized carbons (Fsp3) is 0.562. The predicted octanol–water partition coefficient (Wildman–Crippen LogP) is 2.61. The van der Waals surface area contributed by atoms with Crippen LogP contribution in [-0.2, 0) is 4.79 Å². The van der Waals surface area contributed by atoms with E-state index in [1.807, 2.05) is 17.9 Å². The normalized spacial score (nSPS) is 23.2. The third-order valence-electron chi connectivity index (χ3n) is 4.07. The number of carbonyl (C=O) groups is 1. The molecular formula is C16H23ClN2O2. The molecule has 1 fully saturated rings. The third-order valence-corrected chi connectivity index (χ3v) is 4.49. The number of carbonyl (C=O) groups excluding carboxylic acids is 1. The minimum absolute atomic E-state index is 0.0195. The van der Waals surface area contributed by atoms with E-state index in [1.54, 1.807) is 19.1 Å². The summed E-state index contributed by atoms with van der Waals surface area (Å²) in [5.41, 5.74) is 6.64. The van der Waals surface area contributed by atoms with Gasteiger partial charge in [0.2, 0.25) is 0 Å². The molecule has 1 amide bonds. The summed E-state index contributed by atoms with van der Waals surface area (Å²) in [6.07, 6.45) is 0.458. The number of likely N-dealkylation sites (tertiary alicyclic amines) is 1. The van der Waals surface area contributed by atoms with Gasteiger partial charge in [0.05, 0.1) is 0 Å². The molecule has 116 valence electrons. The van der Waals surface area contributed by atoms with Gasteiger partial charge in [0.1, 0.15) is 5.75 Å². The number of ether oxygens (including phenoxy) is 1. The summed E-state index contributed by atoms with van der Waals surface area (Å²) in [4.78, 5) is 14.4. The molecule has 1 aliphatic heterocycles. The van der Waals surface area contributed by atoms with Crippen LogP contribution in [0.4, 0.5) is 0 Å². The number of rotatable bonds is 4. The van der Waals surface area contributed by atoms with Gasteiger partial charge >= 0.3 is 0 Å². The van der Waals surface area contributed by atoms with E-state index in [4.69, 9.17) is 22.1 Å². The SMILES string of the molecule is Cc1cc(OC(C)C(=O)N2CC(CN)CC2C)ccc1Cl. The summed E-state index contributed by atoms with van der Waals surface area (Å²) >= 11 is 5.99. The molecule has 1 saturated heterocycles. The molecule has 4 nitrogen and oxygen atoms in total. The molecular weight excluding hydrogens is 288 g/mol. The zero-order chi connectivity index (χ0) is 15.6. The molecule has 0 aliphatic carbocycles. The highest BCUT2D eigenvalue weighted by Crippen LogP contribution is 2.25. The zero-order valence-corrected chi connectivity index (χ0v) is 13.6. The predicted molar refractivity (Wildman–Crippen MR) is 84.6 cm³/mol. The second-order valence-corrected chi connectivity index (χ2v) is 6.26. The van der Waals surface area contributed by atoms with Crippen molar-refractivity contribution in [1.29, 1.82) is 0 Å². The highest BCUT2D eigenvalue weighted by Gasteiger charge is 2.34. The largest absolute Gasteiger partial charge is 0.481 e. The lowest BCUT2D eigenvalue weighted by Gasteiger charge is -2.25. The Balaban J connectivity index is 2.01. The lowest BCUT2D eigenvalue weighted by Crippen LogP contribution is -2.42. The molecule has 1 aliphatic rings. The maximum atomic E-state index is 12.5. The first kappa shape index (κ1) is 16.1. The highest BCUT2D eigenvalue weighted by molar-refractivity contribution is 6.31. The first-order valence-electron chi connectivity index (χ1n) is 7.35. The van der Waals surface area contributed by atoms with E-state index in [0.29, 0.717) is 23.2 Å². The second-order valence-electron chi connectivity index (χ2n) is 5.85. The summed E-state index contributed by atoms with van der Waals surface area (Å²) in [6, 6.07) is 5.65. The van der Waals surface area contributed by atoms with Crippen molar-refractivity contribution in [2.75, 3.05) is 13.1 Å². The summed E-state index contributed by atoms with van der Waals surface area (Å²) in [6.45, 7) is 7.11. The number of hydrogen-bond acceptors (Lipinski definition) is 3. The van der Waals surface area contributed by atoms with Crippen molar-refractivity contribution >= 4 is 17.5 Å². The Hall–Kier alpha value is -1.26. The van der Waals surface area contributed by atoms with Gasteiger partial charge in [0.15, 0.2) is 6.10 Å². The standard InChI is InChI=1S/C16H23ClN2O2/c1-10-6-14(4-5-15(10)17)21-12(3)16(20)19-9-13(8-18)7-11(19)2/h4-6,11-13H,7-9,18H2,1-3H3. The first-order chi connectivity index (χ1) is 9.92. The quantitative estimate of drug-likeness (QED) is 0.930. The van der Waals surface area contributed by atoms with Crippen LogP contribution in [0.25, 0.3) is 0 Å². The number of amides is 1. The van der Waals surface area contributed by atoms with Crippen LogP contribution in [0, 0.1) is 12.8 Å². The summed E-state index contributed by atoms with van der Waals surface area (Å²) < 4.78 is 5.76. The molecule has 2 rings (SSSR count). The van der Waals surface area contributed by atoms with E-state index in [0.717, 1.165) is 18.5 Å². The van der Waals surface area contributed by atoms with Crippen LogP contribution in [0.5, 0.6) is 5.75 Å². The van der Waals surface area contributed by atoms with Crippen LogP contribution < -0.4 is 10.5 Å². The van der Waals surface area contributed by atoms with Gasteiger partial charge in [-0.1, -0.05) is 11.6 Å². The molecule has 3 unspecified atom stereocenters. The molecule has 1 heterocycles. The Morgan fingerprint density at radius 1 is 1.57 bits per heavy atom. The van der Waals surface area contributed by atoms with Crippen LogP contribution in [0.1, 0.15) is 25.8 Å². The van der Waals surface area contributed by atoms with Gasteiger partial charge in [-0.05, 0) is 63.4 Å². The van der Waals surface area contributed by atoms with Crippen molar-refractivity contribution < 1.29 is 9.53 Å². The molecule has 1 aromatic carbocycles. The fourth-order valence-corrected chi connectivity index (χ4v) is 2.92. The van der Waals surface area contributed by atoms with Crippen molar-refractivity contribution in [3.8, 4) is 5.75 Å². The van der Waals surface area contributed by atoms with Crippen molar-refractivity contribution in [1.82, 2.24) is 4.90 Å². The molecule has 0 aromatic heterocycles. The summed E-state index contributed by atoms with van der Waals surface area (Å²) in [5.74, 6) is 1.08. The molecule has 1 aromatic rings. The Kier molecular flexibility index (Phi) is 5.12. The average Bonchev–Trinajstić information content (AvgIpc) is 2.83. The van der Waals surface area contributed by atoms with Gasteiger partial charge in [-0.2, -0.15) is 0 Å². The smallest absolute Gasteiger partial charge is 0.263 e. The van der Waals surface area contributed by atoms with Crippen LogP contribution in [0.15, 0.2) is 18.2 Å². The van der Waals surface area contributed by atoms with E-state index in [1.165, 1.54) is 0 Å². The summed E-state index contributed by atoms with van der Waals surface area (Å²) in [5, 5.41) is 0.695. The Labute approximate surface area is 131 Å². The number of aryl methyl sites for hydroxylation is 1. The van der Waals surface area contributed by atoms with E-state index in [9.17, 15) is 4.79 Å². The van der Waals surface area contributed by atoms with Crippen molar-refractivity contribution in [2.24, 2.45) is 11.7 Å². The average molecular weight is 311 g/mol. The lowest BCUT2D eigenvalue weighted by atomic mass is 10.1. The minimum Gasteiger partial charge on any atom is -0.481 e. The number of nitrogens with two attached hydrogens (primary N) is 1. The van der Waals surface area contributed by atoms with Crippen LogP contribution in [-0.4, -0.2) is 36.0 Å². The monoisotopic (exact) mass is 310 g/mol. The molecule has 2 N–H and O–H groups in total. The second kappa shape index (κ2) is 6.67. The van der Waals surface area contributed by atoms with Crippen molar-refractivity contribution in [3.63, 3.8) is 0 Å². The maximum absolute atomic E-state index is 12.5. The number of halogens is 1. The zero-order valence-electron chi connectivity index (χ0n) is 12.8. The molecule has 5 heteroatoms. The topological polar surface area (TPSA) is 55.6 Å². The van der Waals surface area contributed by atoms with E-state index in [-0.39, 0.29) is 11.9 Å². The molecule has 0 radical (unpaired) electrons. The maximum Gasteiger partial charge on any atom is 0.263 e. The van der Waals surface area contributed by atoms with E-state index >= 15 is 0 Å². The molecule has 0 spiro atoms.